The first-order chi connectivity index (χ1) is 7.73. The Morgan fingerprint density at radius 3 is 2.06 bits per heavy atom. The smallest absolute Gasteiger partial charge is 0.0549 e. The van der Waals surface area contributed by atoms with Crippen molar-refractivity contribution < 1.29 is 4.74 Å². The van der Waals surface area contributed by atoms with E-state index in [1.807, 2.05) is 0 Å². The third-order valence-corrected chi connectivity index (χ3v) is 2.72. The van der Waals surface area contributed by atoms with E-state index in [0.717, 1.165) is 26.1 Å². The highest BCUT2D eigenvalue weighted by molar-refractivity contribution is 4.72. The van der Waals surface area contributed by atoms with Crippen LogP contribution in [0.5, 0.6) is 0 Å². The Morgan fingerprint density at radius 1 is 1.00 bits per heavy atom. The first-order valence-electron chi connectivity index (χ1n) is 7.05. The van der Waals surface area contributed by atoms with Crippen LogP contribution in [0.25, 0.3) is 0 Å². The number of nitrogens with one attached hydrogen (secondary N) is 1. The summed E-state index contributed by atoms with van der Waals surface area (Å²) in [5.74, 6) is 1.43. The summed E-state index contributed by atoms with van der Waals surface area (Å²) in [6, 6.07) is 0. The summed E-state index contributed by atoms with van der Waals surface area (Å²) in [6.07, 6.45) is 1.52. The summed E-state index contributed by atoms with van der Waals surface area (Å²) in [6.45, 7) is 18.6. The van der Waals surface area contributed by atoms with E-state index in [1.54, 1.807) is 0 Å². The van der Waals surface area contributed by atoms with Crippen molar-refractivity contribution in [3.8, 4) is 0 Å². The molecule has 1 unspecified atom stereocenters. The second kappa shape index (κ2) is 8.10. The topological polar surface area (TPSA) is 21.3 Å². The molecule has 0 saturated carbocycles. The van der Waals surface area contributed by atoms with Crippen molar-refractivity contribution >= 4 is 0 Å². The number of hydrogen-bond acceptors (Lipinski definition) is 2. The molecule has 0 radical (unpaired) electrons. The van der Waals surface area contributed by atoms with Crippen molar-refractivity contribution in [1.29, 1.82) is 0 Å². The fraction of sp³-hybridized carbons (Fsp3) is 1.00. The Labute approximate surface area is 109 Å². The molecule has 0 saturated heterocycles. The van der Waals surface area contributed by atoms with Gasteiger partial charge in [0.25, 0.3) is 0 Å². The van der Waals surface area contributed by atoms with Crippen LogP contribution in [0.15, 0.2) is 0 Å². The molecule has 2 nitrogen and oxygen atoms in total. The predicted octanol–water partition coefficient (Wildman–Crippen LogP) is 3.71. The highest BCUT2D eigenvalue weighted by Crippen LogP contribution is 2.17. The van der Waals surface area contributed by atoms with Gasteiger partial charge >= 0.3 is 0 Å². The molecule has 0 spiro atoms. The van der Waals surface area contributed by atoms with E-state index in [-0.39, 0.29) is 5.41 Å². The highest BCUT2D eigenvalue weighted by Gasteiger charge is 2.19. The molecule has 0 fully saturated rings. The molecular formula is C15H33NO. The quantitative estimate of drug-likeness (QED) is 0.666. The van der Waals surface area contributed by atoms with Crippen molar-refractivity contribution in [3.63, 3.8) is 0 Å². The van der Waals surface area contributed by atoms with Crippen LogP contribution >= 0.6 is 0 Å². The van der Waals surface area contributed by atoms with E-state index >= 15 is 0 Å². The maximum absolute atomic E-state index is 5.94. The van der Waals surface area contributed by atoms with Gasteiger partial charge in [0.15, 0.2) is 0 Å². The molecule has 0 aliphatic rings. The van der Waals surface area contributed by atoms with E-state index in [1.165, 1.54) is 0 Å². The van der Waals surface area contributed by atoms with Gasteiger partial charge in [0.2, 0.25) is 0 Å². The van der Waals surface area contributed by atoms with E-state index < -0.39 is 0 Å². The maximum Gasteiger partial charge on any atom is 0.0549 e. The van der Waals surface area contributed by atoms with Crippen molar-refractivity contribution in [1.82, 2.24) is 5.32 Å². The first kappa shape index (κ1) is 16.9. The largest absolute Gasteiger partial charge is 0.378 e. The zero-order chi connectivity index (χ0) is 13.5. The lowest BCUT2D eigenvalue weighted by Gasteiger charge is -2.27. The van der Waals surface area contributed by atoms with Crippen LogP contribution in [0.1, 0.15) is 54.9 Å². The predicted molar refractivity (Wildman–Crippen MR) is 76.4 cm³/mol. The van der Waals surface area contributed by atoms with Crippen LogP contribution < -0.4 is 5.32 Å². The van der Waals surface area contributed by atoms with E-state index in [9.17, 15) is 0 Å². The number of rotatable bonds is 9. The van der Waals surface area contributed by atoms with Gasteiger partial charge in [-0.3, -0.25) is 0 Å². The van der Waals surface area contributed by atoms with Crippen LogP contribution in [-0.2, 0) is 4.74 Å². The van der Waals surface area contributed by atoms with Crippen LogP contribution in [0.4, 0.5) is 0 Å². The lowest BCUT2D eigenvalue weighted by molar-refractivity contribution is 0.00284. The van der Waals surface area contributed by atoms with Crippen molar-refractivity contribution in [3.05, 3.63) is 0 Å². The average molecular weight is 243 g/mol. The maximum atomic E-state index is 5.94. The van der Waals surface area contributed by atoms with Gasteiger partial charge in [0, 0.05) is 12.0 Å². The molecule has 1 N–H and O–H groups in total. The van der Waals surface area contributed by atoms with Gasteiger partial charge in [-0.25, -0.2) is 0 Å². The second-order valence-electron chi connectivity index (χ2n) is 6.94. The molecule has 0 amide bonds. The Hall–Kier alpha value is -0.0800. The van der Waals surface area contributed by atoms with Crippen LogP contribution in [-0.4, -0.2) is 25.8 Å². The monoisotopic (exact) mass is 243 g/mol. The van der Waals surface area contributed by atoms with E-state index in [0.29, 0.717) is 17.9 Å². The SMILES string of the molecule is CC(C)CNCC(C)(C)COC(C)CC(C)C. The minimum absolute atomic E-state index is 0.222. The molecule has 0 aromatic carbocycles. The third-order valence-electron chi connectivity index (χ3n) is 2.72. The lowest BCUT2D eigenvalue weighted by Crippen LogP contribution is -2.36. The van der Waals surface area contributed by atoms with Crippen LogP contribution in [0, 0.1) is 17.3 Å². The summed E-state index contributed by atoms with van der Waals surface area (Å²) < 4.78 is 5.94. The van der Waals surface area contributed by atoms with Gasteiger partial charge in [-0.05, 0) is 31.7 Å². The Kier molecular flexibility index (Phi) is 8.06. The minimum atomic E-state index is 0.222. The zero-order valence-electron chi connectivity index (χ0n) is 13.0. The van der Waals surface area contributed by atoms with Gasteiger partial charge in [-0.2, -0.15) is 0 Å². The fourth-order valence-corrected chi connectivity index (χ4v) is 1.85. The first-order valence-corrected chi connectivity index (χ1v) is 7.05. The molecule has 0 heterocycles. The van der Waals surface area contributed by atoms with Crippen molar-refractivity contribution in [2.24, 2.45) is 17.3 Å². The molecule has 0 aromatic heterocycles. The molecule has 0 rings (SSSR count). The normalized spacial score (nSPS) is 14.6. The minimum Gasteiger partial charge on any atom is -0.378 e. The second-order valence-corrected chi connectivity index (χ2v) is 6.94. The van der Waals surface area contributed by atoms with Gasteiger partial charge in [-0.1, -0.05) is 41.5 Å². The molecule has 17 heavy (non-hydrogen) atoms. The van der Waals surface area contributed by atoms with E-state index in [4.69, 9.17) is 4.74 Å². The van der Waals surface area contributed by atoms with E-state index in [2.05, 4.69) is 53.8 Å². The summed E-state index contributed by atoms with van der Waals surface area (Å²) in [7, 11) is 0. The summed E-state index contributed by atoms with van der Waals surface area (Å²) in [5.41, 5.74) is 0.222. The lowest BCUT2D eigenvalue weighted by atomic mass is 9.94. The summed E-state index contributed by atoms with van der Waals surface area (Å²) in [4.78, 5) is 0. The Morgan fingerprint density at radius 2 is 1.59 bits per heavy atom. The molecule has 0 aromatic rings. The van der Waals surface area contributed by atoms with Gasteiger partial charge < -0.3 is 10.1 Å². The standard InChI is InChI=1S/C15H33NO/c1-12(2)8-14(5)17-11-15(6,7)10-16-9-13(3)4/h12-14,16H,8-11H2,1-7H3. The molecule has 0 aliphatic heterocycles. The molecule has 104 valence electrons. The number of ether oxygens (including phenoxy) is 1. The average Bonchev–Trinajstić information content (AvgIpc) is 2.13. The summed E-state index contributed by atoms with van der Waals surface area (Å²) >= 11 is 0. The summed E-state index contributed by atoms with van der Waals surface area (Å²) in [5, 5.41) is 3.51. The Balaban J connectivity index is 3.76. The Bertz CT molecular complexity index is 187. The van der Waals surface area contributed by atoms with Gasteiger partial charge in [0.05, 0.1) is 12.7 Å². The highest BCUT2D eigenvalue weighted by atomic mass is 16.5. The molecule has 0 aliphatic carbocycles. The molecule has 0 bridgehead atoms. The van der Waals surface area contributed by atoms with Crippen molar-refractivity contribution in [2.45, 2.75) is 61.0 Å². The molecule has 2 heteroatoms. The number of hydrogen-bond donors (Lipinski definition) is 1. The zero-order valence-corrected chi connectivity index (χ0v) is 13.0. The van der Waals surface area contributed by atoms with Crippen molar-refractivity contribution in [2.75, 3.05) is 19.7 Å². The van der Waals surface area contributed by atoms with Crippen LogP contribution in [0.3, 0.4) is 0 Å². The fourth-order valence-electron chi connectivity index (χ4n) is 1.85. The third kappa shape index (κ3) is 10.8. The van der Waals surface area contributed by atoms with Gasteiger partial charge in [0.1, 0.15) is 0 Å². The molecular weight excluding hydrogens is 210 g/mol. The molecule has 1 atom stereocenters. The van der Waals surface area contributed by atoms with Crippen LogP contribution in [0.2, 0.25) is 0 Å². The van der Waals surface area contributed by atoms with Gasteiger partial charge in [-0.15, -0.1) is 0 Å².